The Kier molecular flexibility index (Phi) is 7.47. The first kappa shape index (κ1) is 33.2. The van der Waals surface area contributed by atoms with Gasteiger partial charge in [0.2, 0.25) is 0 Å². The first-order chi connectivity index (χ1) is 29.2. The minimum atomic E-state index is 0.543. The summed E-state index contributed by atoms with van der Waals surface area (Å²) in [5, 5.41) is 11.9. The number of furan rings is 1. The maximum atomic E-state index is 6.51. The molecule has 12 aromatic rings. The molecular weight excluding hydrogens is 721 g/mol. The molecule has 0 N–H and O–H groups in total. The van der Waals surface area contributed by atoms with E-state index >= 15 is 0 Å². The van der Waals surface area contributed by atoms with Crippen LogP contribution in [0.4, 0.5) is 0 Å². The molecule has 0 spiro atoms. The van der Waals surface area contributed by atoms with Crippen molar-refractivity contribution >= 4 is 65.0 Å². The minimum Gasteiger partial charge on any atom is -0.455 e. The second-order valence-corrected chi connectivity index (χ2v) is 15.0. The summed E-state index contributed by atoms with van der Waals surface area (Å²) in [4.78, 5) is 20.1. The lowest BCUT2D eigenvalue weighted by Gasteiger charge is -2.17. The fourth-order valence-corrected chi connectivity index (χ4v) is 8.88. The standard InChI is InChI=1S/C54H32N4O/c1-2-14-33(15-3-1)52-56-53(58-54(57-52)46-25-12-24-45-42-21-10-11-26-49(42)59-51(45)46)37-29-35(34-16-13-27-55-32-34)28-36(30-37)47-31-48-40-19-5-4-17-38(40)39-18-6-8-22-43(39)50(48)44-23-9-7-20-41(44)47/h1-32H. The van der Waals surface area contributed by atoms with Crippen LogP contribution in [-0.2, 0) is 0 Å². The van der Waals surface area contributed by atoms with Crippen molar-refractivity contribution in [3.05, 3.63) is 194 Å². The van der Waals surface area contributed by atoms with Gasteiger partial charge >= 0.3 is 0 Å². The molecule has 0 bridgehead atoms. The third-order valence-corrected chi connectivity index (χ3v) is 11.6. The summed E-state index contributed by atoms with van der Waals surface area (Å²) >= 11 is 0. The molecule has 0 atom stereocenters. The molecule has 0 aliphatic carbocycles. The van der Waals surface area contributed by atoms with Crippen LogP contribution in [0.1, 0.15) is 0 Å². The van der Waals surface area contributed by atoms with Gasteiger partial charge in [0, 0.05) is 39.9 Å². The van der Waals surface area contributed by atoms with E-state index in [1.165, 1.54) is 43.1 Å². The first-order valence-electron chi connectivity index (χ1n) is 19.8. The number of pyridine rings is 1. The highest BCUT2D eigenvalue weighted by Crippen LogP contribution is 2.44. The van der Waals surface area contributed by atoms with Gasteiger partial charge in [-0.15, -0.1) is 0 Å². The largest absolute Gasteiger partial charge is 0.455 e. The van der Waals surface area contributed by atoms with Crippen LogP contribution in [0.5, 0.6) is 0 Å². The number of rotatable bonds is 5. The lowest BCUT2D eigenvalue weighted by molar-refractivity contribution is 0.669. The van der Waals surface area contributed by atoms with E-state index in [9.17, 15) is 0 Å². The summed E-state index contributed by atoms with van der Waals surface area (Å²) in [6, 6.07) is 63.9. The molecule has 59 heavy (non-hydrogen) atoms. The van der Waals surface area contributed by atoms with E-state index in [2.05, 4.69) is 120 Å². The van der Waals surface area contributed by atoms with Crippen molar-refractivity contribution in [2.24, 2.45) is 0 Å². The van der Waals surface area contributed by atoms with Gasteiger partial charge in [0.1, 0.15) is 11.2 Å². The maximum absolute atomic E-state index is 6.51. The van der Waals surface area contributed by atoms with E-state index in [1.54, 1.807) is 0 Å². The fraction of sp³-hybridized carbons (Fsp3) is 0. The van der Waals surface area contributed by atoms with Crippen LogP contribution in [0.25, 0.3) is 121 Å². The Morgan fingerprint density at radius 1 is 0.322 bits per heavy atom. The van der Waals surface area contributed by atoms with Gasteiger partial charge < -0.3 is 4.42 Å². The molecular formula is C54H32N4O. The van der Waals surface area contributed by atoms with Gasteiger partial charge in [-0.2, -0.15) is 0 Å². The van der Waals surface area contributed by atoms with Crippen molar-refractivity contribution < 1.29 is 4.42 Å². The zero-order valence-corrected chi connectivity index (χ0v) is 31.7. The molecule has 0 unspecified atom stereocenters. The summed E-state index contributed by atoms with van der Waals surface area (Å²) in [5.74, 6) is 1.69. The van der Waals surface area contributed by atoms with Gasteiger partial charge in [0.15, 0.2) is 17.5 Å². The Labute approximate surface area is 338 Å². The van der Waals surface area contributed by atoms with Crippen molar-refractivity contribution in [2.45, 2.75) is 0 Å². The van der Waals surface area contributed by atoms with Crippen molar-refractivity contribution in [1.82, 2.24) is 19.9 Å². The summed E-state index contributed by atoms with van der Waals surface area (Å²) in [5.41, 5.74) is 8.35. The van der Waals surface area contributed by atoms with Gasteiger partial charge in [-0.3, -0.25) is 4.98 Å². The third kappa shape index (κ3) is 5.40. The molecule has 12 rings (SSSR count). The number of benzene rings is 9. The fourth-order valence-electron chi connectivity index (χ4n) is 8.88. The predicted molar refractivity (Wildman–Crippen MR) is 242 cm³/mol. The van der Waals surface area contributed by atoms with E-state index in [0.29, 0.717) is 17.5 Å². The van der Waals surface area contributed by atoms with Crippen LogP contribution in [0.3, 0.4) is 0 Å². The normalized spacial score (nSPS) is 11.7. The molecule has 0 fully saturated rings. The summed E-state index contributed by atoms with van der Waals surface area (Å²) < 4.78 is 6.51. The molecule has 0 radical (unpaired) electrons. The number of nitrogens with zero attached hydrogens (tertiary/aromatic N) is 4. The molecule has 5 nitrogen and oxygen atoms in total. The number of aromatic nitrogens is 4. The SMILES string of the molecule is c1ccc(-c2nc(-c3cc(-c4cccnc4)cc(-c4cc5c6ccccc6c6ccccc6c5c5ccccc45)c3)nc(-c3cccc4c3oc3ccccc34)n2)cc1. The van der Waals surface area contributed by atoms with E-state index in [0.717, 1.165) is 60.9 Å². The van der Waals surface area contributed by atoms with E-state index < -0.39 is 0 Å². The molecule has 0 amide bonds. The minimum absolute atomic E-state index is 0.543. The molecule has 3 aromatic heterocycles. The number of hydrogen-bond donors (Lipinski definition) is 0. The smallest absolute Gasteiger partial charge is 0.167 e. The van der Waals surface area contributed by atoms with Crippen molar-refractivity contribution in [3.8, 4) is 56.4 Å². The third-order valence-electron chi connectivity index (χ3n) is 11.6. The molecule has 0 saturated heterocycles. The topological polar surface area (TPSA) is 64.7 Å². The second kappa shape index (κ2) is 13.3. The Balaban J connectivity index is 1.15. The van der Waals surface area contributed by atoms with Gasteiger partial charge in [-0.1, -0.05) is 140 Å². The lowest BCUT2D eigenvalue weighted by atomic mass is 9.86. The van der Waals surface area contributed by atoms with Crippen LogP contribution in [0, 0.1) is 0 Å². The summed E-state index contributed by atoms with van der Waals surface area (Å²) in [6.45, 7) is 0. The number of hydrogen-bond acceptors (Lipinski definition) is 5. The number of fused-ring (bicyclic) bond motifs is 11. The van der Waals surface area contributed by atoms with Crippen LogP contribution in [-0.4, -0.2) is 19.9 Å². The molecule has 274 valence electrons. The Morgan fingerprint density at radius 2 is 0.881 bits per heavy atom. The average Bonchev–Trinajstić information content (AvgIpc) is 3.70. The zero-order chi connectivity index (χ0) is 38.9. The Bertz CT molecular complexity index is 3610. The Morgan fingerprint density at radius 3 is 1.64 bits per heavy atom. The predicted octanol–water partition coefficient (Wildman–Crippen LogP) is 14.1. The van der Waals surface area contributed by atoms with Crippen LogP contribution >= 0.6 is 0 Å². The maximum Gasteiger partial charge on any atom is 0.167 e. The molecule has 9 aromatic carbocycles. The molecule has 0 saturated carbocycles. The lowest BCUT2D eigenvalue weighted by Crippen LogP contribution is -2.01. The zero-order valence-electron chi connectivity index (χ0n) is 31.7. The van der Waals surface area contributed by atoms with Gasteiger partial charge in [-0.05, 0) is 102 Å². The van der Waals surface area contributed by atoms with Crippen LogP contribution in [0.2, 0.25) is 0 Å². The molecule has 0 aliphatic rings. The number of para-hydroxylation sites is 2. The molecule has 5 heteroatoms. The monoisotopic (exact) mass is 752 g/mol. The van der Waals surface area contributed by atoms with Crippen molar-refractivity contribution in [3.63, 3.8) is 0 Å². The van der Waals surface area contributed by atoms with E-state index in [4.69, 9.17) is 19.4 Å². The molecule has 3 heterocycles. The highest BCUT2D eigenvalue weighted by molar-refractivity contribution is 6.33. The quantitative estimate of drug-likeness (QED) is 0.164. The highest BCUT2D eigenvalue weighted by Gasteiger charge is 2.20. The summed E-state index contributed by atoms with van der Waals surface area (Å²) in [6.07, 6.45) is 3.72. The van der Waals surface area contributed by atoms with Crippen LogP contribution in [0.15, 0.2) is 199 Å². The van der Waals surface area contributed by atoms with Crippen molar-refractivity contribution in [2.75, 3.05) is 0 Å². The van der Waals surface area contributed by atoms with Gasteiger partial charge in [-0.25, -0.2) is 15.0 Å². The van der Waals surface area contributed by atoms with Gasteiger partial charge in [0.05, 0.1) is 5.56 Å². The average molecular weight is 753 g/mol. The van der Waals surface area contributed by atoms with E-state index in [1.807, 2.05) is 79.1 Å². The highest BCUT2D eigenvalue weighted by atomic mass is 16.3. The molecule has 0 aliphatic heterocycles. The second-order valence-electron chi connectivity index (χ2n) is 15.0. The Hall–Kier alpha value is -8.02. The van der Waals surface area contributed by atoms with Gasteiger partial charge in [0.25, 0.3) is 0 Å². The first-order valence-corrected chi connectivity index (χ1v) is 19.8. The van der Waals surface area contributed by atoms with Crippen molar-refractivity contribution in [1.29, 1.82) is 0 Å². The summed E-state index contributed by atoms with van der Waals surface area (Å²) in [7, 11) is 0. The van der Waals surface area contributed by atoms with Crippen LogP contribution < -0.4 is 0 Å². The van der Waals surface area contributed by atoms with E-state index in [-0.39, 0.29) is 0 Å².